The van der Waals surface area contributed by atoms with Gasteiger partial charge in [-0.05, 0) is 36.6 Å². The van der Waals surface area contributed by atoms with Gasteiger partial charge in [-0.2, -0.15) is 0 Å². The Kier molecular flexibility index (Phi) is 7.07. The number of benzene rings is 2. The summed E-state index contributed by atoms with van der Waals surface area (Å²) < 4.78 is 5.23. The number of thioether (sulfide) groups is 1. The van der Waals surface area contributed by atoms with E-state index < -0.39 is 12.1 Å². The zero-order valence-corrected chi connectivity index (χ0v) is 15.5. The summed E-state index contributed by atoms with van der Waals surface area (Å²) in [5, 5.41) is 2.85. The van der Waals surface area contributed by atoms with Gasteiger partial charge in [-0.25, -0.2) is 0 Å². The fourth-order valence-electron chi connectivity index (χ4n) is 2.29. The van der Waals surface area contributed by atoms with Gasteiger partial charge in [0.1, 0.15) is 0 Å². The van der Waals surface area contributed by atoms with Crippen molar-refractivity contribution in [1.29, 1.82) is 0 Å². The molecule has 5 heteroatoms. The molecule has 1 atom stereocenters. The Balaban J connectivity index is 1.87. The second-order valence-corrected chi connectivity index (χ2v) is 7.01. The van der Waals surface area contributed by atoms with E-state index in [4.69, 9.17) is 4.74 Å². The van der Waals surface area contributed by atoms with E-state index in [2.05, 4.69) is 19.2 Å². The molecule has 0 aromatic heterocycles. The third-order valence-corrected chi connectivity index (χ3v) is 4.60. The van der Waals surface area contributed by atoms with E-state index in [-0.39, 0.29) is 17.6 Å². The van der Waals surface area contributed by atoms with Gasteiger partial charge in [-0.1, -0.05) is 50.2 Å². The van der Waals surface area contributed by atoms with Crippen LogP contribution in [0.1, 0.15) is 32.3 Å². The smallest absolute Gasteiger partial charge is 0.317 e. The Morgan fingerprint density at radius 2 is 1.64 bits per heavy atom. The molecule has 0 bridgehead atoms. The Hall–Kier alpha value is -2.27. The van der Waals surface area contributed by atoms with E-state index in [0.717, 1.165) is 16.1 Å². The van der Waals surface area contributed by atoms with E-state index in [0.29, 0.717) is 0 Å². The first-order chi connectivity index (χ1) is 12.0. The second kappa shape index (κ2) is 9.28. The second-order valence-electron chi connectivity index (χ2n) is 5.97. The van der Waals surface area contributed by atoms with Crippen LogP contribution in [0, 0.1) is 0 Å². The van der Waals surface area contributed by atoms with Crippen molar-refractivity contribution in [3.8, 4) is 0 Å². The molecule has 0 heterocycles. The van der Waals surface area contributed by atoms with Gasteiger partial charge in [0.25, 0.3) is 5.91 Å². The van der Waals surface area contributed by atoms with Gasteiger partial charge in [0.15, 0.2) is 6.10 Å². The van der Waals surface area contributed by atoms with Crippen molar-refractivity contribution < 1.29 is 14.3 Å². The Bertz CT molecular complexity index is 716. The average molecular weight is 357 g/mol. The molecular weight excluding hydrogens is 334 g/mol. The number of para-hydroxylation sites is 1. The minimum Gasteiger partial charge on any atom is -0.452 e. The number of anilines is 1. The maximum Gasteiger partial charge on any atom is 0.317 e. The van der Waals surface area contributed by atoms with Crippen molar-refractivity contribution in [2.75, 3.05) is 11.1 Å². The van der Waals surface area contributed by atoms with Crippen LogP contribution in [0.4, 0.5) is 5.69 Å². The van der Waals surface area contributed by atoms with Gasteiger partial charge < -0.3 is 10.1 Å². The first kappa shape index (κ1) is 19.1. The predicted molar refractivity (Wildman–Crippen MR) is 102 cm³/mol. The summed E-state index contributed by atoms with van der Waals surface area (Å²) >= 11 is 1.39. The number of carbonyl (C=O) groups excluding carboxylic acids is 2. The number of nitrogens with one attached hydrogen (secondary N) is 1. The fourth-order valence-corrected chi connectivity index (χ4v) is 2.99. The molecule has 2 rings (SSSR count). The molecule has 2 aromatic carbocycles. The molecule has 0 unspecified atom stereocenters. The molecule has 0 radical (unpaired) electrons. The van der Waals surface area contributed by atoms with Crippen LogP contribution in [-0.4, -0.2) is 23.7 Å². The first-order valence-corrected chi connectivity index (χ1v) is 9.23. The van der Waals surface area contributed by atoms with Crippen molar-refractivity contribution in [1.82, 2.24) is 0 Å². The van der Waals surface area contributed by atoms with Crippen LogP contribution in [0.3, 0.4) is 0 Å². The monoisotopic (exact) mass is 357 g/mol. The minimum atomic E-state index is -0.843. The lowest BCUT2D eigenvalue weighted by atomic mass is 10.0. The number of rotatable bonds is 7. The molecule has 0 spiro atoms. The normalized spacial score (nSPS) is 11.8. The Morgan fingerprint density at radius 1 is 1.00 bits per heavy atom. The molecule has 25 heavy (non-hydrogen) atoms. The molecular formula is C20H23NO3S. The highest BCUT2D eigenvalue weighted by molar-refractivity contribution is 8.00. The first-order valence-electron chi connectivity index (χ1n) is 8.24. The average Bonchev–Trinajstić information content (AvgIpc) is 2.61. The number of hydrogen-bond donors (Lipinski definition) is 1. The number of hydrogen-bond acceptors (Lipinski definition) is 4. The summed E-state index contributed by atoms with van der Waals surface area (Å²) in [6.45, 7) is 5.71. The number of ether oxygens (including phenoxy) is 1. The molecule has 0 aliphatic carbocycles. The van der Waals surface area contributed by atoms with Crippen LogP contribution in [-0.2, 0) is 14.3 Å². The van der Waals surface area contributed by atoms with Crippen LogP contribution in [0.5, 0.6) is 0 Å². The van der Waals surface area contributed by atoms with E-state index in [1.165, 1.54) is 11.8 Å². The van der Waals surface area contributed by atoms with E-state index in [1.807, 2.05) is 54.6 Å². The zero-order valence-electron chi connectivity index (χ0n) is 14.7. The number of carbonyl (C=O) groups is 2. The highest BCUT2D eigenvalue weighted by Crippen LogP contribution is 2.24. The topological polar surface area (TPSA) is 55.4 Å². The van der Waals surface area contributed by atoms with Gasteiger partial charge in [0, 0.05) is 10.6 Å². The van der Waals surface area contributed by atoms with Crippen LogP contribution >= 0.6 is 11.8 Å². The zero-order chi connectivity index (χ0) is 18.2. The number of amides is 1. The number of esters is 1. The van der Waals surface area contributed by atoms with Crippen molar-refractivity contribution >= 4 is 29.3 Å². The molecule has 1 amide bonds. The van der Waals surface area contributed by atoms with Crippen molar-refractivity contribution in [2.24, 2.45) is 0 Å². The third-order valence-electron chi connectivity index (χ3n) is 3.62. The molecule has 0 saturated heterocycles. The van der Waals surface area contributed by atoms with Gasteiger partial charge in [-0.15, -0.1) is 11.8 Å². The van der Waals surface area contributed by atoms with Crippen LogP contribution in [0.15, 0.2) is 59.5 Å². The van der Waals surface area contributed by atoms with Gasteiger partial charge in [-0.3, -0.25) is 9.59 Å². The summed E-state index contributed by atoms with van der Waals surface area (Å²) in [4.78, 5) is 25.2. The molecule has 0 aliphatic rings. The largest absolute Gasteiger partial charge is 0.452 e. The molecule has 4 nitrogen and oxygen atoms in total. The van der Waals surface area contributed by atoms with E-state index >= 15 is 0 Å². The standard InChI is InChI=1S/C20H23NO3S/c1-14(2)17-11-7-8-12-18(17)21-20(23)15(3)24-19(22)13-25-16-9-5-4-6-10-16/h4-12,14-15H,13H2,1-3H3,(H,21,23)/t15-/m0/s1. The Labute approximate surface area is 153 Å². The van der Waals surface area contributed by atoms with Crippen LogP contribution in [0.2, 0.25) is 0 Å². The minimum absolute atomic E-state index is 0.171. The summed E-state index contributed by atoms with van der Waals surface area (Å²) in [5.74, 6) is -0.277. The van der Waals surface area contributed by atoms with E-state index in [1.54, 1.807) is 6.92 Å². The molecule has 2 aromatic rings. The van der Waals surface area contributed by atoms with Gasteiger partial charge in [0.2, 0.25) is 0 Å². The Morgan fingerprint density at radius 3 is 2.32 bits per heavy atom. The third kappa shape index (κ3) is 5.94. The molecule has 0 aliphatic heterocycles. The quantitative estimate of drug-likeness (QED) is 0.587. The van der Waals surface area contributed by atoms with Crippen molar-refractivity contribution in [3.05, 3.63) is 60.2 Å². The van der Waals surface area contributed by atoms with Crippen molar-refractivity contribution in [3.63, 3.8) is 0 Å². The lowest BCUT2D eigenvalue weighted by Crippen LogP contribution is -2.30. The van der Waals surface area contributed by atoms with Crippen LogP contribution < -0.4 is 5.32 Å². The van der Waals surface area contributed by atoms with Gasteiger partial charge >= 0.3 is 5.97 Å². The SMILES string of the molecule is CC(C)c1ccccc1NC(=O)[C@H](C)OC(=O)CSc1ccccc1. The van der Waals surface area contributed by atoms with Gasteiger partial charge in [0.05, 0.1) is 5.75 Å². The maximum absolute atomic E-state index is 12.3. The van der Waals surface area contributed by atoms with E-state index in [9.17, 15) is 9.59 Å². The predicted octanol–water partition coefficient (Wildman–Crippen LogP) is 4.47. The van der Waals surface area contributed by atoms with Crippen LogP contribution in [0.25, 0.3) is 0 Å². The highest BCUT2D eigenvalue weighted by atomic mass is 32.2. The maximum atomic E-state index is 12.3. The lowest BCUT2D eigenvalue weighted by molar-refractivity contribution is -0.150. The van der Waals surface area contributed by atoms with Crippen molar-refractivity contribution in [2.45, 2.75) is 37.7 Å². The summed E-state index contributed by atoms with van der Waals surface area (Å²) in [6.07, 6.45) is -0.843. The summed E-state index contributed by atoms with van der Waals surface area (Å²) in [5.41, 5.74) is 1.80. The highest BCUT2D eigenvalue weighted by Gasteiger charge is 2.19. The summed E-state index contributed by atoms with van der Waals surface area (Å²) in [6, 6.07) is 17.2. The molecule has 1 N–H and O–H groups in total. The molecule has 0 saturated carbocycles. The molecule has 0 fully saturated rings. The summed E-state index contributed by atoms with van der Waals surface area (Å²) in [7, 11) is 0. The molecule has 132 valence electrons. The lowest BCUT2D eigenvalue weighted by Gasteiger charge is -2.17. The fraction of sp³-hybridized carbons (Fsp3) is 0.300.